The molecule has 0 unspecified atom stereocenters. The van der Waals surface area contributed by atoms with Crippen LogP contribution in [0.3, 0.4) is 0 Å². The molecule has 0 fully saturated rings. The smallest absolute Gasteiger partial charge is 0.336 e. The maximum Gasteiger partial charge on any atom is 0.336 e. The molecule has 6 heteroatoms. The van der Waals surface area contributed by atoms with E-state index < -0.39 is 5.97 Å². The number of nitrogens with zero attached hydrogens (tertiary/aromatic N) is 1. The van der Waals surface area contributed by atoms with Crippen LogP contribution in [0.15, 0.2) is 31.9 Å². The lowest BCUT2D eigenvalue weighted by atomic mass is 10.2. The van der Waals surface area contributed by atoms with Crippen molar-refractivity contribution in [1.82, 2.24) is 4.98 Å². The molecule has 2 aromatic rings. The zero-order valence-corrected chi connectivity index (χ0v) is 12.9. The van der Waals surface area contributed by atoms with Gasteiger partial charge in [-0.2, -0.15) is 0 Å². The zero-order valence-electron chi connectivity index (χ0n) is 9.73. The normalized spacial score (nSPS) is 10.6. The Hall–Kier alpha value is -0.850. The third kappa shape index (κ3) is 2.93. The highest BCUT2D eigenvalue weighted by Gasteiger charge is 2.11. The molecular weight excluding hydrogens is 334 g/mol. The standard InChI is InChI=1S/C12H10BrNO2S2/c1-6-7(2)17-12(14-6)18-8-3-4-10(13)9(5-8)11(15)16/h3-5H,1-2H3,(H,15,16). The second-order valence-corrected chi connectivity index (χ2v) is 7.05. The van der Waals surface area contributed by atoms with Gasteiger partial charge < -0.3 is 5.11 Å². The molecule has 0 aliphatic heterocycles. The lowest BCUT2D eigenvalue weighted by Gasteiger charge is -2.02. The average Bonchev–Trinajstić information content (AvgIpc) is 2.60. The molecule has 18 heavy (non-hydrogen) atoms. The number of thiazole rings is 1. The topological polar surface area (TPSA) is 50.2 Å². The molecule has 1 heterocycles. The summed E-state index contributed by atoms with van der Waals surface area (Å²) in [5, 5.41) is 9.05. The third-order valence-corrected chi connectivity index (χ3v) is 5.20. The van der Waals surface area contributed by atoms with Gasteiger partial charge in [0.15, 0.2) is 4.34 Å². The van der Waals surface area contributed by atoms with Crippen LogP contribution in [0.1, 0.15) is 20.9 Å². The summed E-state index contributed by atoms with van der Waals surface area (Å²) >= 11 is 6.34. The number of aromatic nitrogens is 1. The van der Waals surface area contributed by atoms with Crippen molar-refractivity contribution in [2.75, 3.05) is 0 Å². The van der Waals surface area contributed by atoms with Crippen LogP contribution in [0.4, 0.5) is 0 Å². The number of rotatable bonds is 3. The maximum atomic E-state index is 11.0. The predicted molar refractivity (Wildman–Crippen MR) is 76.8 cm³/mol. The summed E-state index contributed by atoms with van der Waals surface area (Å²) in [5.41, 5.74) is 1.29. The number of hydrogen-bond donors (Lipinski definition) is 1. The van der Waals surface area contributed by atoms with Gasteiger partial charge in [-0.25, -0.2) is 9.78 Å². The fraction of sp³-hybridized carbons (Fsp3) is 0.167. The van der Waals surface area contributed by atoms with E-state index in [1.54, 1.807) is 23.5 Å². The summed E-state index contributed by atoms with van der Waals surface area (Å²) in [6.45, 7) is 4.00. The van der Waals surface area contributed by atoms with E-state index in [-0.39, 0.29) is 5.56 Å². The number of aromatic carboxylic acids is 1. The molecule has 1 N–H and O–H groups in total. The summed E-state index contributed by atoms with van der Waals surface area (Å²) in [4.78, 5) is 17.5. The molecular formula is C12H10BrNO2S2. The number of benzene rings is 1. The quantitative estimate of drug-likeness (QED) is 0.898. The average molecular weight is 344 g/mol. The van der Waals surface area contributed by atoms with E-state index in [9.17, 15) is 4.79 Å². The van der Waals surface area contributed by atoms with Crippen molar-refractivity contribution in [2.24, 2.45) is 0 Å². The molecule has 0 aliphatic carbocycles. The van der Waals surface area contributed by atoms with Crippen molar-refractivity contribution in [1.29, 1.82) is 0 Å². The van der Waals surface area contributed by atoms with Crippen molar-refractivity contribution < 1.29 is 9.90 Å². The monoisotopic (exact) mass is 343 g/mol. The Morgan fingerprint density at radius 2 is 2.17 bits per heavy atom. The van der Waals surface area contributed by atoms with Crippen LogP contribution in [0.5, 0.6) is 0 Å². The lowest BCUT2D eigenvalue weighted by molar-refractivity contribution is 0.0695. The zero-order chi connectivity index (χ0) is 13.3. The van der Waals surface area contributed by atoms with Gasteiger partial charge in [0.2, 0.25) is 0 Å². The fourth-order valence-electron chi connectivity index (χ4n) is 1.32. The Morgan fingerprint density at radius 1 is 1.44 bits per heavy atom. The van der Waals surface area contributed by atoms with Crippen LogP contribution in [-0.2, 0) is 0 Å². The molecule has 0 atom stereocenters. The highest BCUT2D eigenvalue weighted by atomic mass is 79.9. The van der Waals surface area contributed by atoms with Crippen molar-refractivity contribution >= 4 is 45.0 Å². The second-order valence-electron chi connectivity index (χ2n) is 3.67. The number of carboxylic acid groups (broad SMARTS) is 1. The van der Waals surface area contributed by atoms with Crippen molar-refractivity contribution in [3.63, 3.8) is 0 Å². The minimum Gasteiger partial charge on any atom is -0.478 e. The first-order valence-corrected chi connectivity index (χ1v) is 7.54. The van der Waals surface area contributed by atoms with Gasteiger partial charge in [-0.15, -0.1) is 11.3 Å². The molecule has 0 radical (unpaired) electrons. The van der Waals surface area contributed by atoms with Gasteiger partial charge in [0.1, 0.15) is 0 Å². The van der Waals surface area contributed by atoms with Crippen LogP contribution in [0, 0.1) is 13.8 Å². The Balaban J connectivity index is 2.29. The van der Waals surface area contributed by atoms with Crippen molar-refractivity contribution in [3.05, 3.63) is 38.8 Å². The van der Waals surface area contributed by atoms with E-state index in [0.29, 0.717) is 4.47 Å². The van der Waals surface area contributed by atoms with E-state index in [2.05, 4.69) is 20.9 Å². The Morgan fingerprint density at radius 3 is 2.72 bits per heavy atom. The molecule has 1 aromatic carbocycles. The molecule has 2 rings (SSSR count). The number of hydrogen-bond acceptors (Lipinski definition) is 4. The first kappa shape index (κ1) is 13.6. The van der Waals surface area contributed by atoms with Gasteiger partial charge in [0.05, 0.1) is 11.3 Å². The van der Waals surface area contributed by atoms with Gasteiger partial charge >= 0.3 is 5.97 Å². The largest absolute Gasteiger partial charge is 0.478 e. The summed E-state index contributed by atoms with van der Waals surface area (Å²) in [5.74, 6) is -0.934. The Kier molecular flexibility index (Phi) is 4.09. The van der Waals surface area contributed by atoms with Crippen molar-refractivity contribution in [3.8, 4) is 0 Å². The molecule has 3 nitrogen and oxygen atoms in total. The first-order valence-electron chi connectivity index (χ1n) is 5.12. The van der Waals surface area contributed by atoms with Gasteiger partial charge in [0.25, 0.3) is 0 Å². The van der Waals surface area contributed by atoms with E-state index in [0.717, 1.165) is 14.9 Å². The highest BCUT2D eigenvalue weighted by Crippen LogP contribution is 2.34. The SMILES string of the molecule is Cc1nc(Sc2ccc(Br)c(C(=O)O)c2)sc1C. The summed E-state index contributed by atoms with van der Waals surface area (Å²) in [7, 11) is 0. The van der Waals surface area contributed by atoms with Crippen LogP contribution in [-0.4, -0.2) is 16.1 Å². The second kappa shape index (κ2) is 5.42. The molecule has 0 amide bonds. The van der Waals surface area contributed by atoms with Gasteiger partial charge in [-0.3, -0.25) is 0 Å². The maximum absolute atomic E-state index is 11.0. The Bertz CT molecular complexity index is 591. The number of aryl methyl sites for hydroxylation is 2. The number of carboxylic acids is 1. The Labute approximate surface area is 121 Å². The molecule has 1 aromatic heterocycles. The van der Waals surface area contributed by atoms with Crippen LogP contribution in [0.25, 0.3) is 0 Å². The van der Waals surface area contributed by atoms with Crippen LogP contribution < -0.4 is 0 Å². The summed E-state index contributed by atoms with van der Waals surface area (Å²) in [6.07, 6.45) is 0. The third-order valence-electron chi connectivity index (χ3n) is 2.38. The van der Waals surface area contributed by atoms with E-state index in [4.69, 9.17) is 5.11 Å². The minimum absolute atomic E-state index is 0.269. The number of halogens is 1. The van der Waals surface area contributed by atoms with E-state index in [1.807, 2.05) is 19.9 Å². The molecule has 0 spiro atoms. The molecule has 0 saturated heterocycles. The van der Waals surface area contributed by atoms with Crippen LogP contribution in [0.2, 0.25) is 0 Å². The van der Waals surface area contributed by atoms with Gasteiger partial charge in [-0.05, 0) is 48.0 Å². The van der Waals surface area contributed by atoms with Crippen LogP contribution >= 0.6 is 39.0 Å². The number of carbonyl (C=O) groups is 1. The van der Waals surface area contributed by atoms with Gasteiger partial charge in [-0.1, -0.05) is 11.8 Å². The van der Waals surface area contributed by atoms with Gasteiger partial charge in [0, 0.05) is 14.2 Å². The molecule has 0 saturated carbocycles. The highest BCUT2D eigenvalue weighted by molar-refractivity contribution is 9.10. The minimum atomic E-state index is -0.934. The molecule has 0 aliphatic rings. The summed E-state index contributed by atoms with van der Waals surface area (Å²) < 4.78 is 1.52. The van der Waals surface area contributed by atoms with E-state index in [1.165, 1.54) is 16.6 Å². The molecule has 94 valence electrons. The lowest BCUT2D eigenvalue weighted by Crippen LogP contribution is -1.97. The molecule has 0 bridgehead atoms. The fourth-order valence-corrected chi connectivity index (χ4v) is 3.90. The first-order chi connectivity index (χ1) is 8.47. The van der Waals surface area contributed by atoms with Crippen molar-refractivity contribution in [2.45, 2.75) is 23.1 Å². The summed E-state index contributed by atoms with van der Waals surface area (Å²) in [6, 6.07) is 5.29. The predicted octanol–water partition coefficient (Wildman–Crippen LogP) is 4.37. The van der Waals surface area contributed by atoms with E-state index >= 15 is 0 Å².